The summed E-state index contributed by atoms with van der Waals surface area (Å²) in [6.07, 6.45) is 6.82. The van der Waals surface area contributed by atoms with Crippen LogP contribution in [0.25, 0.3) is 0 Å². The maximum atomic E-state index is 5.25. The molecule has 0 saturated carbocycles. The van der Waals surface area contributed by atoms with Gasteiger partial charge in [-0.2, -0.15) is 15.3 Å². The van der Waals surface area contributed by atoms with E-state index in [1.165, 1.54) is 63.7 Å². The van der Waals surface area contributed by atoms with E-state index >= 15 is 0 Å². The summed E-state index contributed by atoms with van der Waals surface area (Å²) in [7, 11) is 2.25. The smallest absolute Gasteiger partial charge is 0.0698 e. The highest BCUT2D eigenvalue weighted by molar-refractivity contribution is 5.32. The summed E-state index contributed by atoms with van der Waals surface area (Å²) in [6, 6.07) is 0.410. The van der Waals surface area contributed by atoms with Crippen LogP contribution in [0, 0.1) is 5.92 Å². The minimum absolute atomic E-state index is 0.408. The Morgan fingerprint density at radius 2 is 1.51 bits per heavy atom. The predicted molar refractivity (Wildman–Crippen MR) is 182 cm³/mol. The largest absolute Gasteiger partial charge is 0.302 e. The van der Waals surface area contributed by atoms with E-state index in [9.17, 15) is 0 Å². The van der Waals surface area contributed by atoms with Gasteiger partial charge in [-0.15, -0.1) is 0 Å². The number of H-pyrrole nitrogens is 2. The van der Waals surface area contributed by atoms with Crippen LogP contribution in [0.5, 0.6) is 0 Å². The van der Waals surface area contributed by atoms with Gasteiger partial charge in [-0.3, -0.25) is 24.7 Å². The van der Waals surface area contributed by atoms with Gasteiger partial charge >= 0.3 is 0 Å². The topological polar surface area (TPSA) is 84.9 Å². The van der Waals surface area contributed by atoms with Crippen molar-refractivity contribution >= 4 is 0 Å². The molecule has 0 aromatic carbocycles. The Balaban J connectivity index is 1.18. The molecule has 6 heterocycles. The van der Waals surface area contributed by atoms with Crippen molar-refractivity contribution in [3.8, 4) is 0 Å². The molecule has 0 amide bonds. The number of nitrogens with one attached hydrogen (secondary N) is 2. The van der Waals surface area contributed by atoms with Crippen LogP contribution in [0.4, 0.5) is 0 Å². The van der Waals surface area contributed by atoms with Gasteiger partial charge in [0.05, 0.1) is 23.6 Å². The second-order valence-electron chi connectivity index (χ2n) is 15.2. The van der Waals surface area contributed by atoms with Crippen molar-refractivity contribution in [3.05, 3.63) is 50.9 Å². The molecule has 0 aliphatic carbocycles. The van der Waals surface area contributed by atoms with Gasteiger partial charge < -0.3 is 4.90 Å². The maximum Gasteiger partial charge on any atom is 0.0698 e. The summed E-state index contributed by atoms with van der Waals surface area (Å²) in [5.41, 5.74) is 12.4. The molecule has 9 heteroatoms. The second-order valence-corrected chi connectivity index (χ2v) is 15.2. The SMILES string of the molecule is CCN1Cc2c(C(C)C)n[nH]c2CC(CC(C)c2n[nH]c3c2CN(C(C)Cn2nc(C(C)C)c4c2CCCN(C)C4)CCC3)C1. The minimum Gasteiger partial charge on any atom is -0.302 e. The van der Waals surface area contributed by atoms with E-state index in [-0.39, 0.29) is 0 Å². The van der Waals surface area contributed by atoms with E-state index in [2.05, 4.69) is 85.1 Å². The highest BCUT2D eigenvalue weighted by atomic mass is 15.3. The summed E-state index contributed by atoms with van der Waals surface area (Å²) in [6.45, 7) is 24.7. The minimum atomic E-state index is 0.408. The zero-order valence-corrected chi connectivity index (χ0v) is 29.4. The average Bonchev–Trinajstić information content (AvgIpc) is 3.53. The number of aryl methyl sites for hydroxylation is 1. The fourth-order valence-corrected chi connectivity index (χ4v) is 8.44. The van der Waals surface area contributed by atoms with E-state index in [1.807, 2.05) is 0 Å². The molecule has 248 valence electrons. The van der Waals surface area contributed by atoms with Crippen LogP contribution in [0.15, 0.2) is 0 Å². The molecule has 6 rings (SSSR count). The summed E-state index contributed by atoms with van der Waals surface area (Å²) in [4.78, 5) is 7.80. The summed E-state index contributed by atoms with van der Waals surface area (Å²) < 4.78 is 2.39. The Morgan fingerprint density at radius 1 is 0.800 bits per heavy atom. The predicted octanol–water partition coefficient (Wildman–Crippen LogP) is 5.98. The molecule has 3 aliphatic rings. The lowest BCUT2D eigenvalue weighted by Gasteiger charge is -2.29. The van der Waals surface area contributed by atoms with Crippen molar-refractivity contribution < 1.29 is 0 Å². The lowest BCUT2D eigenvalue weighted by atomic mass is 9.88. The van der Waals surface area contributed by atoms with Crippen LogP contribution >= 0.6 is 0 Å². The molecule has 0 fully saturated rings. The Kier molecular flexibility index (Phi) is 9.88. The van der Waals surface area contributed by atoms with Crippen LogP contribution in [0.2, 0.25) is 0 Å². The first-order chi connectivity index (χ1) is 21.6. The van der Waals surface area contributed by atoms with Crippen molar-refractivity contribution in [1.29, 1.82) is 0 Å². The number of hydrogen-bond donors (Lipinski definition) is 2. The van der Waals surface area contributed by atoms with E-state index in [0.717, 1.165) is 78.0 Å². The third-order valence-corrected chi connectivity index (χ3v) is 10.9. The quantitative estimate of drug-likeness (QED) is 0.307. The Bertz CT molecular complexity index is 1430. The molecule has 9 nitrogen and oxygen atoms in total. The van der Waals surface area contributed by atoms with Gasteiger partial charge in [0.25, 0.3) is 0 Å². The first-order valence-corrected chi connectivity index (χ1v) is 18.0. The van der Waals surface area contributed by atoms with E-state index < -0.39 is 0 Å². The molecule has 3 aromatic rings. The average molecular weight is 618 g/mol. The Labute approximate surface area is 271 Å². The first-order valence-electron chi connectivity index (χ1n) is 18.0. The molecule has 3 atom stereocenters. The van der Waals surface area contributed by atoms with Gasteiger partial charge in [0.1, 0.15) is 0 Å². The lowest BCUT2D eigenvalue weighted by Crippen LogP contribution is -2.36. The Hall–Kier alpha value is -2.49. The van der Waals surface area contributed by atoms with E-state index in [0.29, 0.717) is 29.7 Å². The molecule has 3 aliphatic heterocycles. The first kappa shape index (κ1) is 32.5. The van der Waals surface area contributed by atoms with Crippen LogP contribution in [0.1, 0.15) is 136 Å². The highest BCUT2D eigenvalue weighted by Crippen LogP contribution is 2.35. The van der Waals surface area contributed by atoms with Gasteiger partial charge in [-0.25, -0.2) is 0 Å². The van der Waals surface area contributed by atoms with Crippen molar-refractivity contribution in [3.63, 3.8) is 0 Å². The van der Waals surface area contributed by atoms with Gasteiger partial charge in [0, 0.05) is 71.9 Å². The van der Waals surface area contributed by atoms with Gasteiger partial charge in [0.2, 0.25) is 0 Å². The number of fused-ring (bicyclic) bond motifs is 3. The molecule has 0 saturated heterocycles. The molecule has 0 spiro atoms. The molecule has 3 aromatic heterocycles. The number of hydrogen-bond acceptors (Lipinski definition) is 6. The van der Waals surface area contributed by atoms with Crippen LogP contribution < -0.4 is 0 Å². The summed E-state index contributed by atoms with van der Waals surface area (Å²) >= 11 is 0. The molecule has 2 N–H and O–H groups in total. The third kappa shape index (κ3) is 6.82. The van der Waals surface area contributed by atoms with Gasteiger partial charge in [-0.05, 0) is 89.9 Å². The molecule has 0 radical (unpaired) electrons. The van der Waals surface area contributed by atoms with Crippen molar-refractivity contribution in [2.75, 3.05) is 33.2 Å². The molecular weight excluding hydrogens is 558 g/mol. The molecule has 45 heavy (non-hydrogen) atoms. The Morgan fingerprint density at radius 3 is 2.27 bits per heavy atom. The van der Waals surface area contributed by atoms with Crippen LogP contribution in [-0.2, 0) is 45.4 Å². The number of aromatic nitrogens is 6. The lowest BCUT2D eigenvalue weighted by molar-refractivity contribution is 0.178. The third-order valence-electron chi connectivity index (χ3n) is 10.9. The monoisotopic (exact) mass is 617 g/mol. The zero-order valence-electron chi connectivity index (χ0n) is 29.4. The van der Waals surface area contributed by atoms with Crippen LogP contribution in [-0.4, -0.2) is 84.1 Å². The van der Waals surface area contributed by atoms with Crippen LogP contribution in [0.3, 0.4) is 0 Å². The fourth-order valence-electron chi connectivity index (χ4n) is 8.44. The van der Waals surface area contributed by atoms with Crippen molar-refractivity contribution in [1.82, 2.24) is 44.9 Å². The van der Waals surface area contributed by atoms with Crippen molar-refractivity contribution in [2.45, 2.75) is 137 Å². The van der Waals surface area contributed by atoms with E-state index in [1.54, 1.807) is 0 Å². The van der Waals surface area contributed by atoms with Crippen molar-refractivity contribution in [2.24, 2.45) is 5.92 Å². The number of aromatic amines is 2. The molecule has 0 bridgehead atoms. The van der Waals surface area contributed by atoms with Gasteiger partial charge in [-0.1, -0.05) is 41.5 Å². The normalized spacial score (nSPS) is 21.7. The zero-order chi connectivity index (χ0) is 31.8. The van der Waals surface area contributed by atoms with Gasteiger partial charge in [0.15, 0.2) is 0 Å². The molecule has 3 unspecified atom stereocenters. The fraction of sp³-hybridized carbons (Fsp3) is 0.750. The molecular formula is C36H59N9. The highest BCUT2D eigenvalue weighted by Gasteiger charge is 2.31. The standard InChI is InChI=1S/C36H59N9/c1-9-43-19-27(17-32-28(21-43)34(23(2)3)39-38-32)16-25(6)36-29-22-44(15-10-12-31(29)37-40-36)26(7)18-45-33-13-11-14-42(8)20-30(33)35(41-45)24(4)5/h23-27H,9-22H2,1-8H3,(H,37,40)(H,38,39). The number of nitrogens with zero attached hydrogens (tertiary/aromatic N) is 7. The maximum absolute atomic E-state index is 5.25. The summed E-state index contributed by atoms with van der Waals surface area (Å²) in [5, 5.41) is 22.0. The second kappa shape index (κ2) is 13.7. The summed E-state index contributed by atoms with van der Waals surface area (Å²) in [5.74, 6) is 1.89. The van der Waals surface area contributed by atoms with E-state index in [4.69, 9.17) is 15.3 Å². The number of rotatable bonds is 9.